The van der Waals surface area contributed by atoms with E-state index in [4.69, 9.17) is 10.00 Å². The number of nitriles is 1. The second-order valence-electron chi connectivity index (χ2n) is 5.82. The van der Waals surface area contributed by atoms with Gasteiger partial charge in [-0.1, -0.05) is 6.07 Å². The van der Waals surface area contributed by atoms with Gasteiger partial charge in [0.1, 0.15) is 17.5 Å². The van der Waals surface area contributed by atoms with E-state index in [9.17, 15) is 4.79 Å². The van der Waals surface area contributed by atoms with E-state index in [2.05, 4.69) is 16.0 Å². The number of piperazine rings is 1. The zero-order chi connectivity index (χ0) is 17.8. The fourth-order valence-corrected chi connectivity index (χ4v) is 2.80. The van der Waals surface area contributed by atoms with Crippen molar-refractivity contribution < 1.29 is 9.53 Å². The summed E-state index contributed by atoms with van der Waals surface area (Å²) in [5.74, 6) is 1.20. The van der Waals surface area contributed by atoms with Crippen LogP contribution in [-0.4, -0.2) is 54.1 Å². The molecule has 1 aromatic carbocycles. The molecule has 0 N–H and O–H groups in total. The van der Waals surface area contributed by atoms with Crippen LogP contribution >= 0.6 is 0 Å². The number of nitrogens with zero attached hydrogens (tertiary/aromatic N) is 5. The summed E-state index contributed by atoms with van der Waals surface area (Å²) in [6.07, 6.45) is 0. The Morgan fingerprint density at radius 1 is 1.20 bits per heavy atom. The Labute approximate surface area is 146 Å². The van der Waals surface area contributed by atoms with Gasteiger partial charge in [0.25, 0.3) is 5.91 Å². The Balaban J connectivity index is 1.68. The van der Waals surface area contributed by atoms with E-state index >= 15 is 0 Å². The standard InChI is InChI=1S/C18H19N5O2/c1-13-10-15(12-19)21-18(20-13)23-8-6-22(7-9-23)17(24)14-4-3-5-16(11-14)25-2/h3-5,10-11H,6-9H2,1-2H3. The highest BCUT2D eigenvalue weighted by molar-refractivity contribution is 5.94. The number of benzene rings is 1. The van der Waals surface area contributed by atoms with Gasteiger partial charge >= 0.3 is 0 Å². The number of aryl methyl sites for hydroxylation is 1. The molecule has 25 heavy (non-hydrogen) atoms. The van der Waals surface area contributed by atoms with Crippen molar-refractivity contribution in [1.82, 2.24) is 14.9 Å². The van der Waals surface area contributed by atoms with Gasteiger partial charge in [-0.3, -0.25) is 4.79 Å². The van der Waals surface area contributed by atoms with Crippen molar-refractivity contribution in [1.29, 1.82) is 5.26 Å². The van der Waals surface area contributed by atoms with Crippen LogP contribution in [0.3, 0.4) is 0 Å². The molecule has 1 saturated heterocycles. The van der Waals surface area contributed by atoms with Gasteiger partial charge in [-0.05, 0) is 31.2 Å². The first kappa shape index (κ1) is 16.7. The maximum Gasteiger partial charge on any atom is 0.254 e. The third-order valence-corrected chi connectivity index (χ3v) is 4.12. The number of methoxy groups -OCH3 is 1. The number of aromatic nitrogens is 2. The van der Waals surface area contributed by atoms with Crippen molar-refractivity contribution in [3.8, 4) is 11.8 Å². The van der Waals surface area contributed by atoms with E-state index in [-0.39, 0.29) is 5.91 Å². The fraction of sp³-hybridized carbons (Fsp3) is 0.333. The van der Waals surface area contributed by atoms with Gasteiger partial charge in [-0.15, -0.1) is 0 Å². The van der Waals surface area contributed by atoms with Crippen LogP contribution in [0, 0.1) is 18.3 Å². The number of hydrogen-bond acceptors (Lipinski definition) is 6. The zero-order valence-electron chi connectivity index (χ0n) is 14.3. The fourth-order valence-electron chi connectivity index (χ4n) is 2.80. The van der Waals surface area contributed by atoms with E-state index in [0.29, 0.717) is 49.1 Å². The molecule has 0 unspecified atom stereocenters. The van der Waals surface area contributed by atoms with Gasteiger partial charge in [-0.2, -0.15) is 5.26 Å². The van der Waals surface area contributed by atoms with E-state index in [1.54, 1.807) is 25.3 Å². The van der Waals surface area contributed by atoms with Crippen LogP contribution in [0.1, 0.15) is 21.7 Å². The van der Waals surface area contributed by atoms with Gasteiger partial charge in [-0.25, -0.2) is 9.97 Å². The highest BCUT2D eigenvalue weighted by Crippen LogP contribution is 2.17. The lowest BCUT2D eigenvalue weighted by Crippen LogP contribution is -2.49. The van der Waals surface area contributed by atoms with Crippen molar-refractivity contribution >= 4 is 11.9 Å². The van der Waals surface area contributed by atoms with Crippen LogP contribution in [0.4, 0.5) is 5.95 Å². The lowest BCUT2D eigenvalue weighted by Gasteiger charge is -2.34. The molecule has 1 aromatic heterocycles. The third-order valence-electron chi connectivity index (χ3n) is 4.12. The van der Waals surface area contributed by atoms with Crippen LogP contribution in [-0.2, 0) is 0 Å². The molecule has 0 radical (unpaired) electrons. The quantitative estimate of drug-likeness (QED) is 0.846. The van der Waals surface area contributed by atoms with Gasteiger partial charge in [0, 0.05) is 37.4 Å². The largest absolute Gasteiger partial charge is 0.497 e. The van der Waals surface area contributed by atoms with Gasteiger partial charge < -0.3 is 14.5 Å². The summed E-state index contributed by atoms with van der Waals surface area (Å²) in [5.41, 5.74) is 1.74. The highest BCUT2D eigenvalue weighted by atomic mass is 16.5. The predicted molar refractivity (Wildman–Crippen MR) is 92.6 cm³/mol. The molecule has 0 atom stereocenters. The summed E-state index contributed by atoms with van der Waals surface area (Å²) < 4.78 is 5.18. The molecule has 0 bridgehead atoms. The lowest BCUT2D eigenvalue weighted by molar-refractivity contribution is 0.0746. The lowest BCUT2D eigenvalue weighted by atomic mass is 10.1. The Morgan fingerprint density at radius 2 is 1.96 bits per heavy atom. The summed E-state index contributed by atoms with van der Waals surface area (Å²) in [5, 5.41) is 9.05. The van der Waals surface area contributed by atoms with E-state index in [1.807, 2.05) is 28.9 Å². The molecule has 7 nitrogen and oxygen atoms in total. The minimum Gasteiger partial charge on any atom is -0.497 e. The highest BCUT2D eigenvalue weighted by Gasteiger charge is 2.24. The average molecular weight is 337 g/mol. The van der Waals surface area contributed by atoms with Crippen LogP contribution in [0.5, 0.6) is 5.75 Å². The van der Waals surface area contributed by atoms with Crippen molar-refractivity contribution in [2.45, 2.75) is 6.92 Å². The summed E-state index contributed by atoms with van der Waals surface area (Å²) in [4.78, 5) is 25.1. The normalized spacial score (nSPS) is 14.1. The van der Waals surface area contributed by atoms with E-state index < -0.39 is 0 Å². The second-order valence-corrected chi connectivity index (χ2v) is 5.82. The van der Waals surface area contributed by atoms with Crippen molar-refractivity contribution in [2.75, 3.05) is 38.2 Å². The number of anilines is 1. The molecule has 3 rings (SSSR count). The SMILES string of the molecule is COc1cccc(C(=O)N2CCN(c3nc(C)cc(C#N)n3)CC2)c1. The molecule has 0 saturated carbocycles. The molecule has 1 aliphatic heterocycles. The van der Waals surface area contributed by atoms with Crippen molar-refractivity contribution in [3.05, 3.63) is 47.3 Å². The van der Waals surface area contributed by atoms with Crippen molar-refractivity contribution in [3.63, 3.8) is 0 Å². The molecular weight excluding hydrogens is 318 g/mol. The van der Waals surface area contributed by atoms with E-state index in [1.165, 1.54) is 0 Å². The van der Waals surface area contributed by atoms with E-state index in [0.717, 1.165) is 5.69 Å². The summed E-state index contributed by atoms with van der Waals surface area (Å²) in [7, 11) is 1.58. The van der Waals surface area contributed by atoms with Crippen LogP contribution in [0.15, 0.2) is 30.3 Å². The molecule has 2 aromatic rings. The average Bonchev–Trinajstić information content (AvgIpc) is 2.67. The molecular formula is C18H19N5O2. The minimum atomic E-state index is -0.0126. The molecule has 7 heteroatoms. The van der Waals surface area contributed by atoms with Gasteiger partial charge in [0.2, 0.25) is 5.95 Å². The third kappa shape index (κ3) is 3.69. The number of carbonyl (C=O) groups excluding carboxylic acids is 1. The summed E-state index contributed by atoms with van der Waals surface area (Å²) in [6, 6.07) is 10.9. The second kappa shape index (κ2) is 7.18. The first-order valence-electron chi connectivity index (χ1n) is 8.05. The summed E-state index contributed by atoms with van der Waals surface area (Å²) in [6.45, 7) is 4.26. The molecule has 128 valence electrons. The maximum atomic E-state index is 12.6. The van der Waals surface area contributed by atoms with Gasteiger partial charge in [0.15, 0.2) is 0 Å². The Kier molecular flexibility index (Phi) is 4.80. The van der Waals surface area contributed by atoms with Crippen molar-refractivity contribution in [2.24, 2.45) is 0 Å². The molecule has 0 spiro atoms. The smallest absolute Gasteiger partial charge is 0.254 e. The van der Waals surface area contributed by atoms with Crippen LogP contribution in [0.2, 0.25) is 0 Å². The first-order chi connectivity index (χ1) is 12.1. The predicted octanol–water partition coefficient (Wildman–Crippen LogP) is 1.63. The Bertz CT molecular complexity index is 822. The molecule has 1 aliphatic rings. The maximum absolute atomic E-state index is 12.6. The number of ether oxygens (including phenoxy) is 1. The number of rotatable bonds is 3. The molecule has 0 aliphatic carbocycles. The molecule has 1 amide bonds. The number of carbonyl (C=O) groups is 1. The number of hydrogen-bond donors (Lipinski definition) is 0. The van der Waals surface area contributed by atoms with Crippen LogP contribution in [0.25, 0.3) is 0 Å². The summed E-state index contributed by atoms with van der Waals surface area (Å²) >= 11 is 0. The molecule has 2 heterocycles. The zero-order valence-corrected chi connectivity index (χ0v) is 14.3. The Hall–Kier alpha value is -3.14. The van der Waals surface area contributed by atoms with Crippen LogP contribution < -0.4 is 9.64 Å². The first-order valence-corrected chi connectivity index (χ1v) is 8.05. The number of amides is 1. The minimum absolute atomic E-state index is 0.0126. The Morgan fingerprint density at radius 3 is 2.64 bits per heavy atom. The topological polar surface area (TPSA) is 82.4 Å². The molecule has 1 fully saturated rings. The van der Waals surface area contributed by atoms with Gasteiger partial charge in [0.05, 0.1) is 7.11 Å². The monoisotopic (exact) mass is 337 g/mol.